The molecule has 82 valence electrons. The predicted octanol–water partition coefficient (Wildman–Crippen LogP) is 1.95. The van der Waals surface area contributed by atoms with Gasteiger partial charge in [-0.2, -0.15) is 0 Å². The van der Waals surface area contributed by atoms with Crippen molar-refractivity contribution in [3.8, 4) is 0 Å². The van der Waals surface area contributed by atoms with E-state index in [-0.39, 0.29) is 0 Å². The minimum absolute atomic E-state index is 0.725. The van der Waals surface area contributed by atoms with Crippen molar-refractivity contribution >= 4 is 0 Å². The van der Waals surface area contributed by atoms with Crippen molar-refractivity contribution in [2.45, 2.75) is 58.2 Å². The number of hydrogen-bond donors (Lipinski definition) is 0. The zero-order valence-corrected chi connectivity index (χ0v) is 9.87. The number of rotatable bonds is 2. The zero-order chi connectivity index (χ0) is 10.1. The van der Waals surface area contributed by atoms with Gasteiger partial charge in [0.15, 0.2) is 0 Å². The number of fused-ring (bicyclic) bond motifs is 1. The van der Waals surface area contributed by atoms with Gasteiger partial charge < -0.3 is 0 Å². The third kappa shape index (κ3) is 1.82. The Balaban J connectivity index is 2.03. The van der Waals surface area contributed by atoms with Crippen LogP contribution >= 0.6 is 0 Å². The van der Waals surface area contributed by atoms with Crippen LogP contribution in [0.25, 0.3) is 0 Å². The van der Waals surface area contributed by atoms with E-state index in [1.807, 2.05) is 0 Å². The number of hydrogen-bond acceptors (Lipinski definition) is 2. The van der Waals surface area contributed by atoms with E-state index < -0.39 is 0 Å². The van der Waals surface area contributed by atoms with Crippen LogP contribution in [0.3, 0.4) is 0 Å². The Hall–Kier alpha value is -0.0800. The molecule has 2 saturated heterocycles. The molecule has 2 heterocycles. The lowest BCUT2D eigenvalue weighted by Gasteiger charge is -2.45. The van der Waals surface area contributed by atoms with E-state index in [4.69, 9.17) is 0 Å². The topological polar surface area (TPSA) is 6.48 Å². The molecule has 0 radical (unpaired) electrons. The molecule has 2 atom stereocenters. The molecule has 0 aliphatic carbocycles. The van der Waals surface area contributed by atoms with Gasteiger partial charge in [0.2, 0.25) is 0 Å². The Morgan fingerprint density at radius 1 is 1.29 bits per heavy atom. The summed E-state index contributed by atoms with van der Waals surface area (Å²) in [7, 11) is 0. The van der Waals surface area contributed by atoms with Crippen molar-refractivity contribution in [2.24, 2.45) is 0 Å². The van der Waals surface area contributed by atoms with Crippen molar-refractivity contribution in [3.05, 3.63) is 0 Å². The van der Waals surface area contributed by atoms with Crippen molar-refractivity contribution in [3.63, 3.8) is 0 Å². The molecule has 2 aliphatic rings. The Morgan fingerprint density at radius 2 is 2.07 bits per heavy atom. The first-order valence-electron chi connectivity index (χ1n) is 6.22. The molecule has 0 saturated carbocycles. The van der Waals surface area contributed by atoms with Crippen LogP contribution in [0.1, 0.15) is 40.0 Å². The SMILES string of the molecule is CCC1CN2CCCC2CN1C(C)C. The fourth-order valence-electron chi connectivity index (χ4n) is 3.11. The maximum absolute atomic E-state index is 2.72. The quantitative estimate of drug-likeness (QED) is 0.666. The Labute approximate surface area is 88.3 Å². The Morgan fingerprint density at radius 3 is 2.71 bits per heavy atom. The van der Waals surface area contributed by atoms with Gasteiger partial charge in [0.1, 0.15) is 0 Å². The average molecular weight is 196 g/mol. The summed E-state index contributed by atoms with van der Waals surface area (Å²) in [6.07, 6.45) is 4.16. The van der Waals surface area contributed by atoms with Crippen LogP contribution in [0.15, 0.2) is 0 Å². The van der Waals surface area contributed by atoms with Gasteiger partial charge in [0.05, 0.1) is 0 Å². The highest BCUT2D eigenvalue weighted by Crippen LogP contribution is 2.26. The van der Waals surface area contributed by atoms with E-state index in [2.05, 4.69) is 30.6 Å². The lowest BCUT2D eigenvalue weighted by atomic mass is 10.0. The molecule has 0 aromatic carbocycles. The summed E-state index contributed by atoms with van der Waals surface area (Å²) in [6, 6.07) is 2.41. The monoisotopic (exact) mass is 196 g/mol. The van der Waals surface area contributed by atoms with Crippen molar-refractivity contribution in [2.75, 3.05) is 19.6 Å². The minimum Gasteiger partial charge on any atom is -0.298 e. The summed E-state index contributed by atoms with van der Waals surface area (Å²) >= 11 is 0. The average Bonchev–Trinajstić information content (AvgIpc) is 2.62. The van der Waals surface area contributed by atoms with Crippen LogP contribution in [0.5, 0.6) is 0 Å². The van der Waals surface area contributed by atoms with E-state index in [0.29, 0.717) is 0 Å². The highest BCUT2D eigenvalue weighted by Gasteiger charge is 2.36. The van der Waals surface area contributed by atoms with E-state index in [9.17, 15) is 0 Å². The van der Waals surface area contributed by atoms with Crippen LogP contribution in [0.4, 0.5) is 0 Å². The maximum Gasteiger partial charge on any atom is 0.0224 e. The van der Waals surface area contributed by atoms with Gasteiger partial charge in [-0.05, 0) is 39.7 Å². The van der Waals surface area contributed by atoms with Crippen LogP contribution in [-0.2, 0) is 0 Å². The molecule has 14 heavy (non-hydrogen) atoms. The molecule has 0 spiro atoms. The summed E-state index contributed by atoms with van der Waals surface area (Å²) < 4.78 is 0. The molecule has 2 heteroatoms. The first-order chi connectivity index (χ1) is 6.72. The summed E-state index contributed by atoms with van der Waals surface area (Å²) in [5, 5.41) is 0. The molecular weight excluding hydrogens is 172 g/mol. The smallest absolute Gasteiger partial charge is 0.0224 e. The summed E-state index contributed by atoms with van der Waals surface area (Å²) in [6.45, 7) is 11.0. The van der Waals surface area contributed by atoms with E-state index in [1.54, 1.807) is 0 Å². The minimum atomic E-state index is 0.725. The second-order valence-corrected chi connectivity index (χ2v) is 5.14. The normalized spacial score (nSPS) is 35.1. The highest BCUT2D eigenvalue weighted by molar-refractivity contribution is 4.92. The van der Waals surface area contributed by atoms with Gasteiger partial charge in [-0.25, -0.2) is 0 Å². The second-order valence-electron chi connectivity index (χ2n) is 5.14. The van der Waals surface area contributed by atoms with Gasteiger partial charge >= 0.3 is 0 Å². The fraction of sp³-hybridized carbons (Fsp3) is 1.00. The highest BCUT2D eigenvalue weighted by atomic mass is 15.3. The Bertz CT molecular complexity index is 191. The summed E-state index contributed by atoms with van der Waals surface area (Å²) in [5.74, 6) is 0. The van der Waals surface area contributed by atoms with Crippen LogP contribution in [0.2, 0.25) is 0 Å². The van der Waals surface area contributed by atoms with Gasteiger partial charge in [0, 0.05) is 31.2 Å². The lowest BCUT2D eigenvalue weighted by molar-refractivity contribution is 0.0283. The standard InChI is InChI=1S/C12H24N2/c1-4-11-8-13-7-5-6-12(13)9-14(11)10(2)3/h10-12H,4-9H2,1-3H3. The molecule has 2 aliphatic heterocycles. The molecule has 0 bridgehead atoms. The molecule has 0 aromatic heterocycles. The molecule has 2 unspecified atom stereocenters. The summed E-state index contributed by atoms with van der Waals surface area (Å²) in [5.41, 5.74) is 0. The van der Waals surface area contributed by atoms with Crippen molar-refractivity contribution in [1.82, 2.24) is 9.80 Å². The molecule has 2 nitrogen and oxygen atoms in total. The van der Waals surface area contributed by atoms with Crippen molar-refractivity contribution in [1.29, 1.82) is 0 Å². The van der Waals surface area contributed by atoms with Gasteiger partial charge in [-0.3, -0.25) is 9.80 Å². The third-order valence-electron chi connectivity index (χ3n) is 3.97. The van der Waals surface area contributed by atoms with Gasteiger partial charge in [-0.15, -0.1) is 0 Å². The lowest BCUT2D eigenvalue weighted by Crippen LogP contribution is -2.57. The predicted molar refractivity (Wildman–Crippen MR) is 60.5 cm³/mol. The first-order valence-corrected chi connectivity index (χ1v) is 6.22. The molecule has 2 rings (SSSR count). The van der Waals surface area contributed by atoms with Crippen LogP contribution in [-0.4, -0.2) is 47.6 Å². The van der Waals surface area contributed by atoms with Crippen molar-refractivity contribution < 1.29 is 0 Å². The molecule has 0 aromatic rings. The van der Waals surface area contributed by atoms with Crippen LogP contribution in [0, 0.1) is 0 Å². The number of nitrogens with zero attached hydrogens (tertiary/aromatic N) is 2. The molecule has 2 fully saturated rings. The fourth-order valence-corrected chi connectivity index (χ4v) is 3.11. The number of piperazine rings is 1. The first kappa shape index (κ1) is 10.4. The largest absolute Gasteiger partial charge is 0.298 e. The molecule has 0 N–H and O–H groups in total. The third-order valence-corrected chi connectivity index (χ3v) is 3.97. The van der Waals surface area contributed by atoms with E-state index in [1.165, 1.54) is 38.9 Å². The maximum atomic E-state index is 2.72. The van der Waals surface area contributed by atoms with E-state index in [0.717, 1.165) is 18.1 Å². The zero-order valence-electron chi connectivity index (χ0n) is 9.87. The van der Waals surface area contributed by atoms with E-state index >= 15 is 0 Å². The van der Waals surface area contributed by atoms with Crippen LogP contribution < -0.4 is 0 Å². The molecular formula is C12H24N2. The second kappa shape index (κ2) is 4.19. The molecule has 0 amide bonds. The van der Waals surface area contributed by atoms with Gasteiger partial charge in [-0.1, -0.05) is 6.92 Å². The van der Waals surface area contributed by atoms with Gasteiger partial charge in [0.25, 0.3) is 0 Å². The summed E-state index contributed by atoms with van der Waals surface area (Å²) in [4.78, 5) is 5.43. The Kier molecular flexibility index (Phi) is 3.13.